The van der Waals surface area contributed by atoms with Gasteiger partial charge in [-0.2, -0.15) is 26.3 Å². The van der Waals surface area contributed by atoms with Gasteiger partial charge in [-0.15, -0.1) is 0 Å². The van der Waals surface area contributed by atoms with Gasteiger partial charge in [-0.3, -0.25) is 4.79 Å². The lowest BCUT2D eigenvalue weighted by molar-refractivity contribution is -0.155. The first kappa shape index (κ1) is 26.9. The Balaban J connectivity index is 2.12. The molecule has 0 aliphatic rings. The Hall–Kier alpha value is -3.70. The Kier molecular flexibility index (Phi) is 7.28. The van der Waals surface area contributed by atoms with Gasteiger partial charge >= 0.3 is 24.2 Å². The smallest absolute Gasteiger partial charge is 0.420 e. The monoisotopic (exact) mass is 516 g/mol. The molecule has 1 heterocycles. The maximum atomic E-state index is 13.9. The molecule has 6 nitrogen and oxygen atoms in total. The van der Waals surface area contributed by atoms with Crippen molar-refractivity contribution in [2.75, 3.05) is 5.32 Å². The second-order valence-corrected chi connectivity index (χ2v) is 8.51. The average molecular weight is 516 g/mol. The van der Waals surface area contributed by atoms with Crippen LogP contribution in [0.4, 0.5) is 32.0 Å². The summed E-state index contributed by atoms with van der Waals surface area (Å²) in [5, 5.41) is 2.31. The lowest BCUT2D eigenvalue weighted by atomic mass is 10.0. The minimum Gasteiger partial charge on any atom is -0.456 e. The van der Waals surface area contributed by atoms with Crippen molar-refractivity contribution in [2.24, 2.45) is 0 Å². The summed E-state index contributed by atoms with van der Waals surface area (Å²) in [6, 6.07) is 4.59. The van der Waals surface area contributed by atoms with Gasteiger partial charge in [0.1, 0.15) is 16.9 Å². The molecule has 0 spiro atoms. The van der Waals surface area contributed by atoms with Crippen LogP contribution in [0.1, 0.15) is 50.3 Å². The quantitative estimate of drug-likeness (QED) is 0.217. The van der Waals surface area contributed by atoms with E-state index in [4.69, 9.17) is 4.74 Å². The predicted octanol–water partition coefficient (Wildman–Crippen LogP) is 7.01. The van der Waals surface area contributed by atoms with Crippen molar-refractivity contribution in [1.29, 1.82) is 0 Å². The van der Waals surface area contributed by atoms with Crippen molar-refractivity contribution in [3.05, 3.63) is 53.2 Å². The van der Waals surface area contributed by atoms with Crippen LogP contribution in [-0.4, -0.2) is 23.0 Å². The number of aromatic nitrogens is 1. The van der Waals surface area contributed by atoms with Gasteiger partial charge in [0.2, 0.25) is 0 Å². The number of aromatic amines is 1. The number of rotatable bonds is 5. The van der Waals surface area contributed by atoms with E-state index >= 15 is 0 Å². The molecule has 0 aliphatic heterocycles. The zero-order valence-electron chi connectivity index (χ0n) is 19.5. The molecule has 0 fully saturated rings. The van der Waals surface area contributed by atoms with Crippen LogP contribution in [0.5, 0.6) is 11.5 Å². The molecule has 0 aliphatic carbocycles. The highest BCUT2D eigenvalue weighted by atomic mass is 19.4. The molecule has 0 unspecified atom stereocenters. The Labute approximate surface area is 201 Å². The predicted molar refractivity (Wildman–Crippen MR) is 119 cm³/mol. The van der Waals surface area contributed by atoms with E-state index in [0.29, 0.717) is 10.9 Å². The van der Waals surface area contributed by atoms with Crippen LogP contribution >= 0.6 is 0 Å². The van der Waals surface area contributed by atoms with E-state index < -0.39 is 52.9 Å². The van der Waals surface area contributed by atoms with Crippen molar-refractivity contribution >= 4 is 28.5 Å². The Morgan fingerprint density at radius 3 is 2.00 bits per heavy atom. The first-order valence-electron chi connectivity index (χ1n) is 10.7. The van der Waals surface area contributed by atoms with Crippen molar-refractivity contribution < 1.29 is 45.4 Å². The average Bonchev–Trinajstić information content (AvgIpc) is 3.16. The van der Waals surface area contributed by atoms with Gasteiger partial charge in [-0.1, -0.05) is 13.8 Å². The largest absolute Gasteiger partial charge is 0.456 e. The zero-order chi connectivity index (χ0) is 27.0. The van der Waals surface area contributed by atoms with Gasteiger partial charge in [-0.25, -0.2) is 4.79 Å². The molecule has 0 saturated heterocycles. The molecule has 3 rings (SSSR count). The molecule has 0 radical (unpaired) electrons. The number of amides is 1. The lowest BCUT2D eigenvalue weighted by Crippen LogP contribution is -2.27. The summed E-state index contributed by atoms with van der Waals surface area (Å²) < 4.78 is 93.1. The molecule has 0 atom stereocenters. The van der Waals surface area contributed by atoms with E-state index in [1.807, 2.05) is 13.8 Å². The Morgan fingerprint density at radius 1 is 0.917 bits per heavy atom. The van der Waals surface area contributed by atoms with Crippen LogP contribution in [0.15, 0.2) is 36.5 Å². The summed E-state index contributed by atoms with van der Waals surface area (Å²) in [4.78, 5) is 26.6. The van der Waals surface area contributed by atoms with Gasteiger partial charge in [0.05, 0.1) is 6.10 Å². The van der Waals surface area contributed by atoms with Crippen molar-refractivity contribution in [3.8, 4) is 11.5 Å². The third-order valence-electron chi connectivity index (χ3n) is 5.01. The Bertz CT molecular complexity index is 1260. The number of carbonyl (C=O) groups excluding carboxylic acids is 2. The fourth-order valence-electron chi connectivity index (χ4n) is 3.46. The number of hydrogen-bond donors (Lipinski definition) is 2. The summed E-state index contributed by atoms with van der Waals surface area (Å²) in [7, 11) is 0. The number of nitrogens with one attached hydrogen (secondary N) is 2. The lowest BCUT2D eigenvalue weighted by Gasteiger charge is -2.21. The van der Waals surface area contributed by atoms with Crippen LogP contribution in [0.2, 0.25) is 0 Å². The maximum Gasteiger partial charge on any atom is 0.420 e. The normalized spacial score (nSPS) is 12.3. The standard InChI is InChI=1S/C24H22F6N2O4/c1-11(2)16-10-31-19-6-5-14(9-15(16)19)36-20-17(23(25,26)27)7-13(8-18(20)24(28,29)30)32-21(33)22(34)35-12(3)4/h5-12,31H,1-4H3,(H,32,33). The van der Waals surface area contributed by atoms with Crippen molar-refractivity contribution in [2.45, 2.75) is 52.1 Å². The first-order chi connectivity index (χ1) is 16.6. The highest BCUT2D eigenvalue weighted by Gasteiger charge is 2.43. The number of fused-ring (bicyclic) bond motifs is 1. The molecular weight excluding hydrogens is 494 g/mol. The number of esters is 1. The van der Waals surface area contributed by atoms with Crippen LogP contribution < -0.4 is 10.1 Å². The van der Waals surface area contributed by atoms with E-state index in [1.54, 1.807) is 11.5 Å². The van der Waals surface area contributed by atoms with E-state index in [0.717, 1.165) is 5.56 Å². The van der Waals surface area contributed by atoms with Crippen LogP contribution in [-0.2, 0) is 26.7 Å². The molecular formula is C24H22F6N2O4. The number of hydrogen-bond acceptors (Lipinski definition) is 4. The molecule has 2 N–H and O–H groups in total. The second-order valence-electron chi connectivity index (χ2n) is 8.51. The van der Waals surface area contributed by atoms with Gasteiger partial charge in [-0.05, 0) is 55.7 Å². The summed E-state index contributed by atoms with van der Waals surface area (Å²) in [6.45, 7) is 6.58. The summed E-state index contributed by atoms with van der Waals surface area (Å²) in [5.74, 6) is -4.71. The topological polar surface area (TPSA) is 80.4 Å². The van der Waals surface area contributed by atoms with Gasteiger partial charge in [0.15, 0.2) is 5.75 Å². The number of halogens is 6. The maximum absolute atomic E-state index is 13.9. The number of benzene rings is 2. The van der Waals surface area contributed by atoms with E-state index in [2.05, 4.69) is 9.72 Å². The number of anilines is 1. The van der Waals surface area contributed by atoms with Crippen LogP contribution in [0.3, 0.4) is 0 Å². The van der Waals surface area contributed by atoms with E-state index in [9.17, 15) is 35.9 Å². The molecule has 3 aromatic rings. The third kappa shape index (κ3) is 5.92. The molecule has 1 aromatic heterocycles. The molecule has 0 saturated carbocycles. The van der Waals surface area contributed by atoms with Gasteiger partial charge in [0.25, 0.3) is 0 Å². The number of H-pyrrole nitrogens is 1. The minimum atomic E-state index is -5.30. The minimum absolute atomic E-state index is 0.0238. The van der Waals surface area contributed by atoms with E-state index in [-0.39, 0.29) is 23.8 Å². The highest BCUT2D eigenvalue weighted by molar-refractivity contribution is 6.37. The molecule has 2 aromatic carbocycles. The summed E-state index contributed by atoms with van der Waals surface area (Å²) in [6.07, 6.45) is -9.63. The first-order valence-corrected chi connectivity index (χ1v) is 10.7. The fourth-order valence-corrected chi connectivity index (χ4v) is 3.46. The van der Waals surface area contributed by atoms with E-state index in [1.165, 1.54) is 32.0 Å². The third-order valence-corrected chi connectivity index (χ3v) is 5.01. The van der Waals surface area contributed by atoms with Crippen molar-refractivity contribution in [3.63, 3.8) is 0 Å². The molecule has 0 bridgehead atoms. The van der Waals surface area contributed by atoms with Crippen LogP contribution in [0, 0.1) is 0 Å². The number of carbonyl (C=O) groups is 2. The summed E-state index contributed by atoms with van der Waals surface area (Å²) >= 11 is 0. The van der Waals surface area contributed by atoms with Gasteiger partial charge in [0, 0.05) is 22.8 Å². The molecule has 36 heavy (non-hydrogen) atoms. The molecule has 1 amide bonds. The van der Waals surface area contributed by atoms with Crippen molar-refractivity contribution in [1.82, 2.24) is 4.98 Å². The zero-order valence-corrected chi connectivity index (χ0v) is 19.5. The summed E-state index contributed by atoms with van der Waals surface area (Å²) in [5.41, 5.74) is -3.06. The molecule has 194 valence electrons. The Morgan fingerprint density at radius 2 is 1.50 bits per heavy atom. The van der Waals surface area contributed by atoms with Crippen LogP contribution in [0.25, 0.3) is 10.9 Å². The SMILES string of the molecule is CC(C)OC(=O)C(=O)Nc1cc(C(F)(F)F)c(Oc2ccc3[nH]cc(C(C)C)c3c2)c(C(F)(F)F)c1. The van der Waals surface area contributed by atoms with Gasteiger partial charge < -0.3 is 19.8 Å². The highest BCUT2D eigenvalue weighted by Crippen LogP contribution is 2.47. The number of ether oxygens (including phenoxy) is 2. The molecule has 12 heteroatoms. The fraction of sp³-hybridized carbons (Fsp3) is 0.333. The second kappa shape index (κ2) is 9.75. The number of alkyl halides is 6.